The molecule has 1 N–H and O–H groups in total. The molecule has 0 unspecified atom stereocenters. The minimum Gasteiger partial charge on any atom is -0.496 e. The van der Waals surface area contributed by atoms with Crippen LogP contribution < -0.4 is 4.74 Å². The number of ether oxygens (including phenoxy) is 2. The van der Waals surface area contributed by atoms with Crippen LogP contribution in [0.3, 0.4) is 0 Å². The van der Waals surface area contributed by atoms with Gasteiger partial charge >= 0.3 is 0 Å². The molecule has 6 heteroatoms. The molecule has 3 saturated heterocycles. The van der Waals surface area contributed by atoms with E-state index in [0.717, 1.165) is 62.1 Å². The summed E-state index contributed by atoms with van der Waals surface area (Å²) < 4.78 is 17.9. The summed E-state index contributed by atoms with van der Waals surface area (Å²) in [6.45, 7) is 7.44. The predicted octanol–water partition coefficient (Wildman–Crippen LogP) is 2.80. The highest BCUT2D eigenvalue weighted by Gasteiger charge is 2.61. The van der Waals surface area contributed by atoms with E-state index in [1.54, 1.807) is 7.11 Å². The summed E-state index contributed by atoms with van der Waals surface area (Å²) in [5, 5.41) is 10.1. The Morgan fingerprint density at radius 1 is 1.16 bits per heavy atom. The molecule has 6 nitrogen and oxygen atoms in total. The van der Waals surface area contributed by atoms with Gasteiger partial charge in [0.1, 0.15) is 17.3 Å². The first-order valence-electron chi connectivity index (χ1n) is 11.2. The average Bonchev–Trinajstić information content (AvgIpc) is 3.37. The van der Waals surface area contributed by atoms with Gasteiger partial charge in [-0.15, -0.1) is 0 Å². The number of likely N-dealkylation sites (tertiary alicyclic amines) is 2. The van der Waals surface area contributed by atoms with Gasteiger partial charge in [0, 0.05) is 56.7 Å². The maximum absolute atomic E-state index is 10.1. The number of nitrogens with zero attached hydrogens (tertiary/aromatic N) is 2. The van der Waals surface area contributed by atoms with Gasteiger partial charge in [0.2, 0.25) is 0 Å². The van der Waals surface area contributed by atoms with Crippen LogP contribution in [0.15, 0.2) is 46.9 Å². The van der Waals surface area contributed by atoms with Crippen molar-refractivity contribution >= 4 is 6.08 Å². The zero-order valence-electron chi connectivity index (χ0n) is 18.4. The molecular weight excluding hydrogens is 392 g/mol. The maximum atomic E-state index is 10.1. The normalized spacial score (nSPS) is 30.9. The lowest BCUT2D eigenvalue weighted by Crippen LogP contribution is -2.53. The number of morpholine rings is 1. The number of hydrogen-bond donors (Lipinski definition) is 1. The predicted molar refractivity (Wildman–Crippen MR) is 119 cm³/mol. The smallest absolute Gasteiger partial charge is 0.126 e. The molecule has 31 heavy (non-hydrogen) atoms. The number of methoxy groups -OCH3 is 1. The molecular formula is C25H32N2O4. The number of furan rings is 1. The van der Waals surface area contributed by atoms with Crippen LogP contribution in [0.25, 0.3) is 6.08 Å². The van der Waals surface area contributed by atoms with Gasteiger partial charge in [-0.1, -0.05) is 30.4 Å². The third kappa shape index (κ3) is 3.94. The lowest BCUT2D eigenvalue weighted by molar-refractivity contribution is -0.120. The van der Waals surface area contributed by atoms with Crippen molar-refractivity contribution in [2.45, 2.75) is 25.2 Å². The Bertz CT molecular complexity index is 941. The van der Waals surface area contributed by atoms with Crippen LogP contribution in [0, 0.1) is 18.8 Å². The number of aryl methyl sites for hydroxylation is 1. The first-order chi connectivity index (χ1) is 15.1. The second kappa shape index (κ2) is 8.43. The second-order valence-corrected chi connectivity index (χ2v) is 9.19. The van der Waals surface area contributed by atoms with E-state index in [4.69, 9.17) is 13.9 Å². The summed E-state index contributed by atoms with van der Waals surface area (Å²) in [4.78, 5) is 4.90. The average molecular weight is 425 g/mol. The molecule has 1 aromatic heterocycles. The molecule has 3 fully saturated rings. The lowest BCUT2D eigenvalue weighted by atomic mass is 9.83. The highest BCUT2D eigenvalue weighted by Crippen LogP contribution is 2.49. The minimum absolute atomic E-state index is 0.103. The van der Waals surface area contributed by atoms with Crippen LogP contribution in [-0.4, -0.2) is 73.1 Å². The van der Waals surface area contributed by atoms with E-state index in [1.807, 2.05) is 31.2 Å². The molecule has 0 amide bonds. The van der Waals surface area contributed by atoms with Gasteiger partial charge in [0.05, 0.1) is 25.4 Å². The molecule has 4 atom stereocenters. The van der Waals surface area contributed by atoms with Gasteiger partial charge in [-0.25, -0.2) is 0 Å². The van der Waals surface area contributed by atoms with Gasteiger partial charge in [0.25, 0.3) is 0 Å². The van der Waals surface area contributed by atoms with Crippen molar-refractivity contribution in [3.8, 4) is 5.75 Å². The topological polar surface area (TPSA) is 58.3 Å². The largest absolute Gasteiger partial charge is 0.496 e. The van der Waals surface area contributed by atoms with Crippen LogP contribution in [-0.2, 0) is 11.3 Å². The summed E-state index contributed by atoms with van der Waals surface area (Å²) in [6.07, 6.45) is 4.43. The number of para-hydroxylation sites is 1. The van der Waals surface area contributed by atoms with Gasteiger partial charge < -0.3 is 19.0 Å². The number of aliphatic hydroxyl groups excluding tert-OH is 1. The van der Waals surface area contributed by atoms with E-state index in [2.05, 4.69) is 34.1 Å². The second-order valence-electron chi connectivity index (χ2n) is 9.19. The quantitative estimate of drug-likeness (QED) is 0.738. The Hall–Kier alpha value is -2.12. The zero-order valence-corrected chi connectivity index (χ0v) is 18.4. The molecule has 2 bridgehead atoms. The van der Waals surface area contributed by atoms with Crippen LogP contribution in [0.1, 0.15) is 17.1 Å². The summed E-state index contributed by atoms with van der Waals surface area (Å²) in [6, 6.07) is 12.1. The third-order valence-corrected chi connectivity index (χ3v) is 7.12. The summed E-state index contributed by atoms with van der Waals surface area (Å²) in [5.41, 5.74) is 0.889. The van der Waals surface area contributed by atoms with Crippen molar-refractivity contribution in [2.75, 3.05) is 46.4 Å². The van der Waals surface area contributed by atoms with Crippen molar-refractivity contribution in [3.05, 3.63) is 59.6 Å². The Morgan fingerprint density at radius 3 is 2.77 bits per heavy atom. The Labute approximate surface area is 184 Å². The fourth-order valence-corrected chi connectivity index (χ4v) is 5.81. The van der Waals surface area contributed by atoms with Crippen molar-refractivity contribution in [2.24, 2.45) is 11.8 Å². The molecule has 1 aromatic carbocycles. The van der Waals surface area contributed by atoms with Crippen LogP contribution in [0.5, 0.6) is 5.75 Å². The first-order valence-corrected chi connectivity index (χ1v) is 11.2. The van der Waals surface area contributed by atoms with Crippen molar-refractivity contribution in [3.63, 3.8) is 0 Å². The van der Waals surface area contributed by atoms with Crippen LogP contribution in [0.4, 0.5) is 0 Å². The van der Waals surface area contributed by atoms with Crippen molar-refractivity contribution in [1.29, 1.82) is 0 Å². The zero-order chi connectivity index (χ0) is 21.4. The maximum Gasteiger partial charge on any atom is 0.126 e. The fourth-order valence-electron chi connectivity index (χ4n) is 5.81. The molecule has 0 aliphatic carbocycles. The molecule has 5 rings (SSSR count). The van der Waals surface area contributed by atoms with Crippen LogP contribution in [0.2, 0.25) is 0 Å². The highest BCUT2D eigenvalue weighted by atomic mass is 16.5. The molecule has 1 spiro atoms. The van der Waals surface area contributed by atoms with E-state index in [0.29, 0.717) is 5.92 Å². The van der Waals surface area contributed by atoms with Crippen LogP contribution >= 0.6 is 0 Å². The number of aliphatic hydroxyl groups is 1. The molecule has 0 radical (unpaired) electrons. The van der Waals surface area contributed by atoms with Gasteiger partial charge in [0.15, 0.2) is 0 Å². The minimum atomic E-state index is -0.198. The van der Waals surface area contributed by atoms with E-state index in [1.165, 1.54) is 0 Å². The number of fused-ring (bicyclic) bond motifs is 1. The van der Waals surface area contributed by atoms with E-state index >= 15 is 0 Å². The molecule has 2 aromatic rings. The lowest BCUT2D eigenvalue weighted by Gasteiger charge is -2.40. The Balaban J connectivity index is 1.27. The van der Waals surface area contributed by atoms with Crippen molar-refractivity contribution in [1.82, 2.24) is 9.80 Å². The highest BCUT2D eigenvalue weighted by molar-refractivity contribution is 5.57. The molecule has 3 aliphatic heterocycles. The molecule has 166 valence electrons. The summed E-state index contributed by atoms with van der Waals surface area (Å²) in [5.74, 6) is 3.40. The number of benzene rings is 1. The standard InChI is InChI=1S/C25H32N2O4/c1-18-9-10-20(30-18)12-27-14-24-21(15-28)22-13-26(16-25(22,17-27)31-24)11-5-7-19-6-3-4-8-23(19)29-2/h3-10,21-22,24,28H,11-17H2,1-2H3/b7-5+/t21-,22+,24+,25-/m0/s1. The molecule has 0 saturated carbocycles. The first kappa shape index (κ1) is 20.8. The van der Waals surface area contributed by atoms with Gasteiger partial charge in [-0.05, 0) is 25.1 Å². The Kier molecular flexibility index (Phi) is 5.65. The third-order valence-electron chi connectivity index (χ3n) is 7.12. The summed E-state index contributed by atoms with van der Waals surface area (Å²) in [7, 11) is 1.70. The molecule has 4 heterocycles. The van der Waals surface area contributed by atoms with Gasteiger partial charge in [-0.2, -0.15) is 0 Å². The fraction of sp³-hybridized carbons (Fsp3) is 0.520. The number of rotatable bonds is 7. The van der Waals surface area contributed by atoms with E-state index in [-0.39, 0.29) is 24.2 Å². The monoisotopic (exact) mass is 424 g/mol. The SMILES string of the molecule is COc1ccccc1/C=C/CN1C[C@@H]2[C@H](CO)[C@H]3CN(Cc4ccc(C)o4)C[C@]2(C1)O3. The molecule has 3 aliphatic rings. The van der Waals surface area contributed by atoms with Crippen molar-refractivity contribution < 1.29 is 19.0 Å². The van der Waals surface area contributed by atoms with E-state index < -0.39 is 0 Å². The number of hydrogen-bond acceptors (Lipinski definition) is 6. The Morgan fingerprint density at radius 2 is 2.00 bits per heavy atom. The summed E-state index contributed by atoms with van der Waals surface area (Å²) >= 11 is 0. The van der Waals surface area contributed by atoms with Gasteiger partial charge in [-0.3, -0.25) is 9.80 Å². The van der Waals surface area contributed by atoms with E-state index in [9.17, 15) is 5.11 Å².